The van der Waals surface area contributed by atoms with Crippen molar-refractivity contribution in [1.29, 1.82) is 0 Å². The molecule has 1 aromatic carbocycles. The van der Waals surface area contributed by atoms with Gasteiger partial charge in [-0.3, -0.25) is 0 Å². The molecule has 0 spiro atoms. The zero-order chi connectivity index (χ0) is 14.8. The number of hydrogen-bond acceptors (Lipinski definition) is 2. The number of carbonyl (C=O) groups is 1. The number of benzene rings is 1. The average Bonchev–Trinajstić information content (AvgIpc) is 2.74. The van der Waals surface area contributed by atoms with E-state index in [1.165, 1.54) is 0 Å². The van der Waals surface area contributed by atoms with Gasteiger partial charge in [0.15, 0.2) is 0 Å². The van der Waals surface area contributed by atoms with Gasteiger partial charge in [0.25, 0.3) is 0 Å². The van der Waals surface area contributed by atoms with Crippen LogP contribution < -0.4 is 10.1 Å². The summed E-state index contributed by atoms with van der Waals surface area (Å²) in [5, 5.41) is 2.92. The van der Waals surface area contributed by atoms with Crippen LogP contribution in [0.2, 0.25) is 0 Å². The lowest BCUT2D eigenvalue weighted by Gasteiger charge is -2.36. The number of piperidine rings is 1. The first-order chi connectivity index (χ1) is 10.2. The molecule has 0 saturated carbocycles. The number of hydrogen-bond donors (Lipinski definition) is 1. The average molecular weight is 292 g/mol. The minimum absolute atomic E-state index is 0.0398. The minimum Gasteiger partial charge on any atom is -0.492 e. The second-order valence-corrected chi connectivity index (χ2v) is 5.72. The van der Waals surface area contributed by atoms with E-state index in [4.69, 9.17) is 4.74 Å². The second kappa shape index (κ2) is 5.92. The number of anilines is 1. The number of alkyl halides is 1. The molecule has 0 aliphatic carbocycles. The number of ether oxygens (including phenoxy) is 1. The van der Waals surface area contributed by atoms with E-state index < -0.39 is 6.17 Å². The highest BCUT2D eigenvalue weighted by atomic mass is 19.1. The van der Waals surface area contributed by atoms with Gasteiger partial charge in [0, 0.05) is 12.1 Å². The zero-order valence-corrected chi connectivity index (χ0v) is 12.2. The van der Waals surface area contributed by atoms with Crippen molar-refractivity contribution in [2.24, 2.45) is 0 Å². The van der Waals surface area contributed by atoms with Crippen molar-refractivity contribution in [3.05, 3.63) is 24.3 Å². The molecule has 2 fully saturated rings. The number of nitrogens with one attached hydrogen (secondary N) is 1. The molecular weight excluding hydrogens is 271 g/mol. The van der Waals surface area contributed by atoms with Crippen LogP contribution in [-0.4, -0.2) is 35.8 Å². The van der Waals surface area contributed by atoms with Crippen molar-refractivity contribution in [2.45, 2.75) is 50.9 Å². The molecule has 0 aromatic heterocycles. The fraction of sp³-hybridized carbons (Fsp3) is 0.562. The van der Waals surface area contributed by atoms with Crippen molar-refractivity contribution >= 4 is 11.7 Å². The minimum atomic E-state index is -0.762. The lowest BCUT2D eigenvalue weighted by atomic mass is 10.0. The van der Waals surface area contributed by atoms with Gasteiger partial charge >= 0.3 is 6.03 Å². The number of carbonyl (C=O) groups excluding carboxylic acids is 1. The van der Waals surface area contributed by atoms with Gasteiger partial charge in [0.05, 0.1) is 12.3 Å². The number of rotatable bonds is 3. The van der Waals surface area contributed by atoms with Gasteiger partial charge in [-0.1, -0.05) is 12.1 Å². The van der Waals surface area contributed by atoms with Gasteiger partial charge in [-0.2, -0.15) is 0 Å². The SMILES string of the molecule is CCOc1ccccc1NC(=O)N1C2CCC1CC(F)C2. The largest absolute Gasteiger partial charge is 0.492 e. The third-order valence-corrected chi connectivity index (χ3v) is 4.34. The molecule has 1 N–H and O–H groups in total. The van der Waals surface area contributed by atoms with Crippen molar-refractivity contribution in [3.8, 4) is 5.75 Å². The predicted octanol–water partition coefficient (Wildman–Crippen LogP) is 3.58. The van der Waals surface area contributed by atoms with Gasteiger partial charge in [-0.05, 0) is 44.7 Å². The molecule has 114 valence electrons. The third-order valence-electron chi connectivity index (χ3n) is 4.34. The maximum atomic E-state index is 13.6. The lowest BCUT2D eigenvalue weighted by molar-refractivity contribution is 0.110. The molecule has 2 unspecified atom stereocenters. The molecule has 1 aromatic rings. The first kappa shape index (κ1) is 14.2. The van der Waals surface area contributed by atoms with Crippen LogP contribution in [0.15, 0.2) is 24.3 Å². The van der Waals surface area contributed by atoms with E-state index in [1.807, 2.05) is 36.1 Å². The quantitative estimate of drug-likeness (QED) is 0.925. The van der Waals surface area contributed by atoms with Crippen LogP contribution in [0, 0.1) is 0 Å². The Morgan fingerprint density at radius 1 is 1.33 bits per heavy atom. The Hall–Kier alpha value is -1.78. The number of fused-ring (bicyclic) bond motifs is 2. The van der Waals surface area contributed by atoms with Crippen LogP contribution in [0.25, 0.3) is 0 Å². The molecule has 2 saturated heterocycles. The van der Waals surface area contributed by atoms with Crippen LogP contribution in [0.5, 0.6) is 5.75 Å². The van der Waals surface area contributed by atoms with Crippen LogP contribution in [-0.2, 0) is 0 Å². The Morgan fingerprint density at radius 3 is 2.67 bits per heavy atom. The first-order valence-electron chi connectivity index (χ1n) is 7.64. The third kappa shape index (κ3) is 2.82. The van der Waals surface area contributed by atoms with E-state index in [1.54, 1.807) is 0 Å². The maximum absolute atomic E-state index is 13.6. The molecule has 2 aliphatic rings. The van der Waals surface area contributed by atoms with Crippen molar-refractivity contribution in [2.75, 3.05) is 11.9 Å². The molecular formula is C16H21FN2O2. The van der Waals surface area contributed by atoms with E-state index in [0.717, 1.165) is 12.8 Å². The lowest BCUT2D eigenvalue weighted by Crippen LogP contribution is -2.49. The standard InChI is InChI=1S/C16H21FN2O2/c1-2-21-15-6-4-3-5-14(15)18-16(20)19-12-7-8-13(19)10-11(17)9-12/h3-6,11-13H,2,7-10H2,1H3,(H,18,20). The molecule has 21 heavy (non-hydrogen) atoms. The summed E-state index contributed by atoms with van der Waals surface area (Å²) < 4.78 is 19.1. The Labute approximate surface area is 124 Å². The Morgan fingerprint density at radius 2 is 2.00 bits per heavy atom. The first-order valence-corrected chi connectivity index (χ1v) is 7.64. The summed E-state index contributed by atoms with van der Waals surface area (Å²) in [6.07, 6.45) is 1.99. The van der Waals surface area contributed by atoms with Gasteiger partial charge in [-0.15, -0.1) is 0 Å². The van der Waals surface area contributed by atoms with E-state index >= 15 is 0 Å². The highest BCUT2D eigenvalue weighted by molar-refractivity contribution is 5.91. The van der Waals surface area contributed by atoms with Crippen molar-refractivity contribution in [1.82, 2.24) is 4.90 Å². The summed E-state index contributed by atoms with van der Waals surface area (Å²) in [5.41, 5.74) is 0.672. The zero-order valence-electron chi connectivity index (χ0n) is 12.2. The van der Waals surface area contributed by atoms with Crippen LogP contribution in [0.3, 0.4) is 0 Å². The molecule has 2 heterocycles. The van der Waals surface area contributed by atoms with Gasteiger partial charge in [-0.25, -0.2) is 9.18 Å². The molecule has 2 atom stereocenters. The second-order valence-electron chi connectivity index (χ2n) is 5.72. The highest BCUT2D eigenvalue weighted by Gasteiger charge is 2.43. The smallest absolute Gasteiger partial charge is 0.322 e. The van der Waals surface area contributed by atoms with Crippen molar-refractivity contribution < 1.29 is 13.9 Å². The number of halogens is 1. The predicted molar refractivity (Wildman–Crippen MR) is 79.4 cm³/mol. The summed E-state index contributed by atoms with van der Waals surface area (Å²) in [6, 6.07) is 7.34. The number of para-hydroxylation sites is 2. The summed E-state index contributed by atoms with van der Waals surface area (Å²) in [4.78, 5) is 14.4. The highest BCUT2D eigenvalue weighted by Crippen LogP contribution is 2.37. The van der Waals surface area contributed by atoms with Gasteiger partial charge < -0.3 is 15.0 Å². The summed E-state index contributed by atoms with van der Waals surface area (Å²) >= 11 is 0. The summed E-state index contributed by atoms with van der Waals surface area (Å²) in [6.45, 7) is 2.45. The number of urea groups is 1. The van der Waals surface area contributed by atoms with E-state index in [9.17, 15) is 9.18 Å². The molecule has 0 radical (unpaired) electrons. The fourth-order valence-corrected chi connectivity index (χ4v) is 3.47. The van der Waals surface area contributed by atoms with Gasteiger partial charge in [0.1, 0.15) is 11.9 Å². The fourth-order valence-electron chi connectivity index (χ4n) is 3.47. The van der Waals surface area contributed by atoms with E-state index in [0.29, 0.717) is 30.9 Å². The van der Waals surface area contributed by atoms with Crippen LogP contribution >= 0.6 is 0 Å². The Bertz CT molecular complexity index is 509. The molecule has 5 heteroatoms. The molecule has 2 aliphatic heterocycles. The monoisotopic (exact) mass is 292 g/mol. The Kier molecular flexibility index (Phi) is 3.99. The molecule has 2 bridgehead atoms. The Balaban J connectivity index is 1.72. The summed E-state index contributed by atoms with van der Waals surface area (Å²) in [7, 11) is 0. The van der Waals surface area contributed by atoms with Crippen LogP contribution in [0.1, 0.15) is 32.6 Å². The molecule has 2 amide bonds. The normalized spacial score (nSPS) is 27.5. The van der Waals surface area contributed by atoms with E-state index in [-0.39, 0.29) is 18.1 Å². The number of amides is 2. The maximum Gasteiger partial charge on any atom is 0.322 e. The molecule has 3 rings (SSSR count). The van der Waals surface area contributed by atoms with E-state index in [2.05, 4.69) is 5.32 Å². The topological polar surface area (TPSA) is 41.6 Å². The summed E-state index contributed by atoms with van der Waals surface area (Å²) in [5.74, 6) is 0.668. The van der Waals surface area contributed by atoms with Crippen LogP contribution in [0.4, 0.5) is 14.9 Å². The number of nitrogens with zero attached hydrogens (tertiary/aromatic N) is 1. The van der Waals surface area contributed by atoms with Gasteiger partial charge in [0.2, 0.25) is 0 Å². The van der Waals surface area contributed by atoms with Crippen molar-refractivity contribution in [3.63, 3.8) is 0 Å². The molecule has 4 nitrogen and oxygen atoms in total.